The summed E-state index contributed by atoms with van der Waals surface area (Å²) in [5, 5.41) is 2.76. The van der Waals surface area contributed by atoms with Crippen LogP contribution in [0.25, 0.3) is 0 Å². The lowest BCUT2D eigenvalue weighted by atomic mass is 10.1. The predicted octanol–water partition coefficient (Wildman–Crippen LogP) is 3.26. The first-order valence-corrected chi connectivity index (χ1v) is 8.79. The van der Waals surface area contributed by atoms with Gasteiger partial charge in [-0.1, -0.05) is 29.8 Å². The largest absolute Gasteiger partial charge is 0.493 e. The van der Waals surface area contributed by atoms with E-state index < -0.39 is 12.1 Å². The Hall–Kier alpha value is -3.02. The molecular weight excluding hydrogens is 346 g/mol. The van der Waals surface area contributed by atoms with Crippen molar-refractivity contribution in [2.24, 2.45) is 0 Å². The third kappa shape index (κ3) is 5.74. The molecule has 0 saturated heterocycles. The molecule has 0 aromatic heterocycles. The first-order chi connectivity index (χ1) is 12.9. The number of nitrogens with one attached hydrogen (secondary N) is 1. The first kappa shape index (κ1) is 20.3. The summed E-state index contributed by atoms with van der Waals surface area (Å²) in [6.07, 6.45) is -0.916. The highest BCUT2D eigenvalue weighted by molar-refractivity contribution is 5.92. The zero-order chi connectivity index (χ0) is 19.8. The van der Waals surface area contributed by atoms with Crippen LogP contribution in [0, 0.1) is 6.92 Å². The number of ether oxygens (including phenoxy) is 3. The van der Waals surface area contributed by atoms with Gasteiger partial charge in [0.2, 0.25) is 0 Å². The second-order valence-corrected chi connectivity index (χ2v) is 6.05. The molecule has 144 valence electrons. The molecule has 0 bridgehead atoms. The molecule has 0 fully saturated rings. The number of amides is 1. The Morgan fingerprint density at radius 2 is 1.78 bits per heavy atom. The molecule has 1 N–H and O–H groups in total. The molecule has 2 aromatic rings. The van der Waals surface area contributed by atoms with Crippen LogP contribution in [0.1, 0.15) is 35.3 Å². The second kappa shape index (κ2) is 9.62. The van der Waals surface area contributed by atoms with Crippen molar-refractivity contribution >= 4 is 11.9 Å². The molecule has 1 atom stereocenters. The minimum Gasteiger partial charge on any atom is -0.493 e. The summed E-state index contributed by atoms with van der Waals surface area (Å²) in [6, 6.07) is 12.6. The molecule has 2 rings (SSSR count). The maximum absolute atomic E-state index is 12.3. The molecule has 0 saturated carbocycles. The summed E-state index contributed by atoms with van der Waals surface area (Å²) in [5.41, 5.74) is 2.42. The van der Waals surface area contributed by atoms with Gasteiger partial charge in [0.15, 0.2) is 17.6 Å². The van der Waals surface area contributed by atoms with Crippen LogP contribution in [-0.4, -0.2) is 31.7 Å². The SMILES string of the molecule is CCOc1cc(C(=O)O[C@@H](C)C(=O)NCc2ccc(C)cc2)ccc1OC. The van der Waals surface area contributed by atoms with Gasteiger partial charge in [-0.3, -0.25) is 4.79 Å². The van der Waals surface area contributed by atoms with E-state index in [4.69, 9.17) is 14.2 Å². The fraction of sp³-hybridized carbons (Fsp3) is 0.333. The number of hydrogen-bond acceptors (Lipinski definition) is 5. The number of benzene rings is 2. The highest BCUT2D eigenvalue weighted by Gasteiger charge is 2.20. The topological polar surface area (TPSA) is 73.9 Å². The molecule has 0 spiro atoms. The van der Waals surface area contributed by atoms with Gasteiger partial charge in [-0.2, -0.15) is 0 Å². The third-order valence-electron chi connectivity index (χ3n) is 3.94. The molecule has 6 nitrogen and oxygen atoms in total. The van der Waals surface area contributed by atoms with Crippen LogP contribution in [0.15, 0.2) is 42.5 Å². The Morgan fingerprint density at radius 3 is 2.41 bits per heavy atom. The van der Waals surface area contributed by atoms with E-state index in [1.165, 1.54) is 14.0 Å². The average molecular weight is 371 g/mol. The van der Waals surface area contributed by atoms with Crippen molar-refractivity contribution < 1.29 is 23.8 Å². The minimum absolute atomic E-state index is 0.289. The molecule has 6 heteroatoms. The molecule has 0 aliphatic rings. The van der Waals surface area contributed by atoms with Crippen molar-refractivity contribution in [1.82, 2.24) is 5.32 Å². The van der Waals surface area contributed by atoms with E-state index >= 15 is 0 Å². The number of methoxy groups -OCH3 is 1. The van der Waals surface area contributed by atoms with Crippen LogP contribution in [0.4, 0.5) is 0 Å². The molecule has 2 aromatic carbocycles. The summed E-state index contributed by atoms with van der Waals surface area (Å²) >= 11 is 0. The van der Waals surface area contributed by atoms with Crippen LogP contribution in [0.5, 0.6) is 11.5 Å². The molecular formula is C21H25NO5. The van der Waals surface area contributed by atoms with Gasteiger partial charge in [0.1, 0.15) is 0 Å². The maximum Gasteiger partial charge on any atom is 0.339 e. The number of rotatable bonds is 8. The number of carbonyl (C=O) groups is 2. The summed E-state index contributed by atoms with van der Waals surface area (Å²) in [7, 11) is 1.52. The van der Waals surface area contributed by atoms with E-state index in [0.29, 0.717) is 24.7 Å². The van der Waals surface area contributed by atoms with Crippen LogP contribution in [-0.2, 0) is 16.1 Å². The molecule has 0 aliphatic heterocycles. The van der Waals surface area contributed by atoms with Crippen LogP contribution in [0.2, 0.25) is 0 Å². The Morgan fingerprint density at radius 1 is 1.07 bits per heavy atom. The molecule has 0 unspecified atom stereocenters. The van der Waals surface area contributed by atoms with E-state index in [2.05, 4.69) is 5.32 Å². The van der Waals surface area contributed by atoms with Gasteiger partial charge in [0.25, 0.3) is 5.91 Å². The van der Waals surface area contributed by atoms with Crippen molar-refractivity contribution in [3.05, 3.63) is 59.2 Å². The van der Waals surface area contributed by atoms with E-state index in [9.17, 15) is 9.59 Å². The third-order valence-corrected chi connectivity index (χ3v) is 3.94. The summed E-state index contributed by atoms with van der Waals surface area (Å²) in [6.45, 7) is 6.19. The molecule has 1 amide bonds. The monoisotopic (exact) mass is 371 g/mol. The van der Waals surface area contributed by atoms with Gasteiger partial charge in [-0.25, -0.2) is 4.79 Å². The zero-order valence-electron chi connectivity index (χ0n) is 16.1. The Labute approximate surface area is 159 Å². The van der Waals surface area contributed by atoms with Crippen molar-refractivity contribution in [2.75, 3.05) is 13.7 Å². The Kier molecular flexibility index (Phi) is 7.23. The van der Waals surface area contributed by atoms with Gasteiger partial charge in [0.05, 0.1) is 19.3 Å². The zero-order valence-corrected chi connectivity index (χ0v) is 16.1. The summed E-state index contributed by atoms with van der Waals surface area (Å²) < 4.78 is 15.9. The maximum atomic E-state index is 12.3. The first-order valence-electron chi connectivity index (χ1n) is 8.79. The average Bonchev–Trinajstić information content (AvgIpc) is 2.67. The fourth-order valence-electron chi connectivity index (χ4n) is 2.39. The predicted molar refractivity (Wildman–Crippen MR) is 102 cm³/mol. The Bertz CT molecular complexity index is 786. The molecule has 27 heavy (non-hydrogen) atoms. The van der Waals surface area contributed by atoms with E-state index in [1.54, 1.807) is 18.2 Å². The summed E-state index contributed by atoms with van der Waals surface area (Å²) in [5.74, 6) is 0.0160. The van der Waals surface area contributed by atoms with Crippen LogP contribution < -0.4 is 14.8 Å². The van der Waals surface area contributed by atoms with Crippen LogP contribution >= 0.6 is 0 Å². The number of esters is 1. The normalized spacial score (nSPS) is 11.4. The Balaban J connectivity index is 1.94. The smallest absolute Gasteiger partial charge is 0.339 e. The van der Waals surface area contributed by atoms with Crippen molar-refractivity contribution in [2.45, 2.75) is 33.4 Å². The van der Waals surface area contributed by atoms with E-state index in [0.717, 1.165) is 11.1 Å². The van der Waals surface area contributed by atoms with Gasteiger partial charge < -0.3 is 19.5 Å². The highest BCUT2D eigenvalue weighted by atomic mass is 16.5. The van der Waals surface area contributed by atoms with Crippen molar-refractivity contribution in [3.63, 3.8) is 0 Å². The fourth-order valence-corrected chi connectivity index (χ4v) is 2.39. The minimum atomic E-state index is -0.916. The lowest BCUT2D eigenvalue weighted by molar-refractivity contribution is -0.129. The molecule has 0 radical (unpaired) electrons. The second-order valence-electron chi connectivity index (χ2n) is 6.05. The molecule has 0 aliphatic carbocycles. The number of carbonyl (C=O) groups excluding carboxylic acids is 2. The standard InChI is InChI=1S/C21H25NO5/c1-5-26-19-12-17(10-11-18(19)25-4)21(24)27-15(3)20(23)22-13-16-8-6-14(2)7-9-16/h6-12,15H,5,13H2,1-4H3,(H,22,23)/t15-/m0/s1. The number of aryl methyl sites for hydroxylation is 1. The van der Waals surface area contributed by atoms with Gasteiger partial charge >= 0.3 is 5.97 Å². The lowest BCUT2D eigenvalue weighted by Gasteiger charge is -2.15. The van der Waals surface area contributed by atoms with Gasteiger partial charge in [-0.15, -0.1) is 0 Å². The molecule has 0 heterocycles. The highest BCUT2D eigenvalue weighted by Crippen LogP contribution is 2.28. The van der Waals surface area contributed by atoms with E-state index in [1.807, 2.05) is 38.1 Å². The van der Waals surface area contributed by atoms with Gasteiger partial charge in [-0.05, 0) is 44.5 Å². The number of hydrogen-bond donors (Lipinski definition) is 1. The quantitative estimate of drug-likeness (QED) is 0.721. The van der Waals surface area contributed by atoms with Crippen LogP contribution in [0.3, 0.4) is 0 Å². The van der Waals surface area contributed by atoms with Crippen molar-refractivity contribution in [1.29, 1.82) is 0 Å². The lowest BCUT2D eigenvalue weighted by Crippen LogP contribution is -2.35. The van der Waals surface area contributed by atoms with Crippen molar-refractivity contribution in [3.8, 4) is 11.5 Å². The summed E-state index contributed by atoms with van der Waals surface area (Å²) in [4.78, 5) is 24.5. The van der Waals surface area contributed by atoms with E-state index in [-0.39, 0.29) is 11.5 Å². The van der Waals surface area contributed by atoms with Gasteiger partial charge in [0, 0.05) is 6.54 Å².